The number of alkyl halides is 3. The van der Waals surface area contributed by atoms with E-state index in [1.807, 2.05) is 19.1 Å². The second kappa shape index (κ2) is 11.9. The number of aromatic nitrogens is 2. The molecule has 4 aromatic rings. The van der Waals surface area contributed by atoms with Gasteiger partial charge in [0.1, 0.15) is 11.5 Å². The topological polar surface area (TPSA) is 160 Å². The lowest BCUT2D eigenvalue weighted by atomic mass is 10.0. The molecule has 6 N–H and O–H groups in total. The van der Waals surface area contributed by atoms with Crippen molar-refractivity contribution >= 4 is 32.7 Å². The highest BCUT2D eigenvalue weighted by Gasteiger charge is 2.34. The zero-order valence-electron chi connectivity index (χ0n) is 21.8. The molecule has 0 aliphatic heterocycles. The summed E-state index contributed by atoms with van der Waals surface area (Å²) in [7, 11) is -4.80. The van der Waals surface area contributed by atoms with Gasteiger partial charge in [-0.2, -0.15) is 13.2 Å². The molecular formula is C27H28F3N5O5S. The molecule has 2 aromatic carbocycles. The molecule has 4 rings (SSSR count). The van der Waals surface area contributed by atoms with Crippen LogP contribution in [0.5, 0.6) is 0 Å². The van der Waals surface area contributed by atoms with Gasteiger partial charge in [0.05, 0.1) is 11.0 Å². The first-order chi connectivity index (χ1) is 19.2. The third-order valence-corrected chi connectivity index (χ3v) is 7.80. The molecule has 2 heterocycles. The Bertz CT molecular complexity index is 1640. The number of nitrogens with one attached hydrogen (secondary N) is 2. The van der Waals surface area contributed by atoms with Crippen molar-refractivity contribution in [1.29, 1.82) is 0 Å². The number of benzene rings is 2. The SMILES string of the molecule is CC(Cc1ccc2c(c1)cc(C(=O)O)n2Cc1ccc(S(=O)(=O)NC(F)(F)F)cc1)NCC(O)c1ccc(N)nc1. The van der Waals surface area contributed by atoms with Gasteiger partial charge in [-0.25, -0.2) is 18.2 Å². The van der Waals surface area contributed by atoms with Crippen LogP contribution in [0.4, 0.5) is 19.0 Å². The average Bonchev–Trinajstić information content (AvgIpc) is 3.24. The van der Waals surface area contributed by atoms with E-state index in [1.54, 1.807) is 18.2 Å². The maximum absolute atomic E-state index is 12.5. The predicted octanol–water partition coefficient (Wildman–Crippen LogP) is 3.42. The van der Waals surface area contributed by atoms with Crippen molar-refractivity contribution < 1.29 is 36.6 Å². The monoisotopic (exact) mass is 591 g/mol. The van der Waals surface area contributed by atoms with Gasteiger partial charge in [-0.05, 0) is 60.9 Å². The molecule has 0 saturated carbocycles. The van der Waals surface area contributed by atoms with E-state index in [4.69, 9.17) is 5.73 Å². The fraction of sp³-hybridized carbons (Fsp3) is 0.259. The molecule has 14 heteroatoms. The Hall–Kier alpha value is -3.98. The molecule has 2 atom stereocenters. The fourth-order valence-corrected chi connectivity index (χ4v) is 5.35. The van der Waals surface area contributed by atoms with E-state index in [1.165, 1.54) is 29.0 Å². The summed E-state index contributed by atoms with van der Waals surface area (Å²) >= 11 is 0. The lowest BCUT2D eigenvalue weighted by molar-refractivity contribution is -0.138. The minimum absolute atomic E-state index is 0.000936. The number of carbonyl (C=O) groups is 1. The first kappa shape index (κ1) is 30.0. The van der Waals surface area contributed by atoms with Gasteiger partial charge < -0.3 is 25.8 Å². The number of hydrogen-bond donors (Lipinski definition) is 5. The largest absolute Gasteiger partial charge is 0.477 e. The molecule has 2 unspecified atom stereocenters. The number of carboxylic acids is 1. The van der Waals surface area contributed by atoms with Crippen molar-refractivity contribution in [3.63, 3.8) is 0 Å². The number of halogens is 3. The quantitative estimate of drug-likeness (QED) is 0.166. The van der Waals surface area contributed by atoms with Gasteiger partial charge in [0, 0.05) is 41.8 Å². The highest BCUT2D eigenvalue weighted by molar-refractivity contribution is 7.89. The van der Waals surface area contributed by atoms with E-state index in [0.29, 0.717) is 45.5 Å². The lowest BCUT2D eigenvalue weighted by Crippen LogP contribution is -2.37. The smallest absolute Gasteiger partial charge is 0.470 e. The van der Waals surface area contributed by atoms with Gasteiger partial charge in [-0.3, -0.25) is 0 Å². The van der Waals surface area contributed by atoms with Crippen LogP contribution in [-0.2, 0) is 23.0 Å². The summed E-state index contributed by atoms with van der Waals surface area (Å²) in [5, 5.41) is 24.1. The number of pyridine rings is 1. The normalized spacial score (nSPS) is 13.8. The zero-order valence-corrected chi connectivity index (χ0v) is 22.6. The third kappa shape index (κ3) is 7.61. The molecule has 10 nitrogen and oxygen atoms in total. The van der Waals surface area contributed by atoms with Gasteiger partial charge >= 0.3 is 12.3 Å². The standard InChI is InChI=1S/C27H28F3N5O5S/c1-16(32-14-24(36)19-5-9-25(31)33-13-19)10-18-4-8-22-20(11-18)12-23(26(37)38)35(22)15-17-2-6-21(7-3-17)41(39,40)34-27(28,29)30/h2-9,11-13,16,24,32,34,36H,10,14-15H2,1H3,(H2,31,33)(H,37,38). The maximum atomic E-state index is 12.5. The van der Waals surface area contributed by atoms with Crippen molar-refractivity contribution in [2.24, 2.45) is 0 Å². The van der Waals surface area contributed by atoms with E-state index < -0.39 is 33.3 Å². The number of carboxylic acid groups (broad SMARTS) is 1. The van der Waals surface area contributed by atoms with Crippen LogP contribution in [0.15, 0.2) is 71.8 Å². The highest BCUT2D eigenvalue weighted by Crippen LogP contribution is 2.25. The van der Waals surface area contributed by atoms with Crippen LogP contribution >= 0.6 is 0 Å². The Labute approximate surface area is 233 Å². The Balaban J connectivity index is 1.47. The molecule has 0 aliphatic carbocycles. The Morgan fingerprint density at radius 3 is 2.37 bits per heavy atom. The van der Waals surface area contributed by atoms with Gasteiger partial charge in [0.15, 0.2) is 0 Å². The van der Waals surface area contributed by atoms with E-state index in [9.17, 15) is 36.6 Å². The summed E-state index contributed by atoms with van der Waals surface area (Å²) in [4.78, 5) is 15.4. The number of fused-ring (bicyclic) bond motifs is 1. The number of aliphatic hydroxyl groups excluding tert-OH is 1. The van der Waals surface area contributed by atoms with Crippen LogP contribution < -0.4 is 15.8 Å². The molecule has 2 aromatic heterocycles. The van der Waals surface area contributed by atoms with Crippen LogP contribution in [0.3, 0.4) is 0 Å². The van der Waals surface area contributed by atoms with Crippen LogP contribution in [0.2, 0.25) is 0 Å². The van der Waals surface area contributed by atoms with Crippen molar-refractivity contribution in [1.82, 2.24) is 19.6 Å². The summed E-state index contributed by atoms with van der Waals surface area (Å²) < 4.78 is 63.5. The first-order valence-corrected chi connectivity index (χ1v) is 13.9. The van der Waals surface area contributed by atoms with Gasteiger partial charge in [-0.1, -0.05) is 24.3 Å². The number of nitrogens with zero attached hydrogens (tertiary/aromatic N) is 2. The zero-order chi connectivity index (χ0) is 29.9. The molecule has 0 fully saturated rings. The number of aliphatic hydroxyl groups is 1. The number of nitrogens with two attached hydrogens (primary N) is 1. The molecule has 0 aliphatic rings. The van der Waals surface area contributed by atoms with Crippen molar-refractivity contribution in [3.8, 4) is 0 Å². The van der Waals surface area contributed by atoms with Crippen molar-refractivity contribution in [2.75, 3.05) is 12.3 Å². The van der Waals surface area contributed by atoms with Gasteiger partial charge in [0.25, 0.3) is 0 Å². The molecule has 0 bridgehead atoms. The van der Waals surface area contributed by atoms with Gasteiger partial charge in [0.2, 0.25) is 10.0 Å². The highest BCUT2D eigenvalue weighted by atomic mass is 32.2. The minimum Gasteiger partial charge on any atom is -0.477 e. The third-order valence-electron chi connectivity index (χ3n) is 6.40. The molecule has 0 amide bonds. The Kier molecular flexibility index (Phi) is 8.68. The van der Waals surface area contributed by atoms with E-state index in [-0.39, 0.29) is 18.3 Å². The summed E-state index contributed by atoms with van der Waals surface area (Å²) in [6.45, 7) is 2.30. The van der Waals surface area contributed by atoms with Crippen molar-refractivity contribution in [2.45, 2.75) is 43.2 Å². The number of rotatable bonds is 11. The Morgan fingerprint density at radius 1 is 1.07 bits per heavy atom. The molecule has 0 saturated heterocycles. The van der Waals surface area contributed by atoms with E-state index >= 15 is 0 Å². The summed E-state index contributed by atoms with van der Waals surface area (Å²) in [6.07, 6.45) is -3.76. The van der Waals surface area contributed by atoms with Crippen LogP contribution in [0, 0.1) is 0 Å². The number of aromatic carboxylic acids is 1. The van der Waals surface area contributed by atoms with Crippen LogP contribution in [0.1, 0.15) is 40.2 Å². The molecule has 218 valence electrons. The number of hydrogen-bond acceptors (Lipinski definition) is 7. The number of anilines is 1. The second-order valence-electron chi connectivity index (χ2n) is 9.61. The predicted molar refractivity (Wildman–Crippen MR) is 146 cm³/mol. The average molecular weight is 592 g/mol. The summed E-state index contributed by atoms with van der Waals surface area (Å²) in [6, 6.07) is 15.1. The van der Waals surface area contributed by atoms with Gasteiger partial charge in [-0.15, -0.1) is 4.72 Å². The summed E-state index contributed by atoms with van der Waals surface area (Å²) in [5.74, 6) is -0.805. The van der Waals surface area contributed by atoms with Crippen molar-refractivity contribution in [3.05, 3.63) is 89.2 Å². The minimum atomic E-state index is -5.11. The first-order valence-electron chi connectivity index (χ1n) is 12.4. The van der Waals surface area contributed by atoms with Crippen LogP contribution in [0.25, 0.3) is 10.9 Å². The number of sulfonamides is 1. The molecular weight excluding hydrogens is 563 g/mol. The maximum Gasteiger partial charge on any atom is 0.470 e. The summed E-state index contributed by atoms with van der Waals surface area (Å²) in [5.41, 5.74) is 8.26. The fourth-order valence-electron chi connectivity index (χ4n) is 4.43. The van der Waals surface area contributed by atoms with E-state index in [2.05, 4.69) is 10.3 Å². The lowest BCUT2D eigenvalue weighted by Gasteiger charge is -2.17. The second-order valence-corrected chi connectivity index (χ2v) is 11.3. The Morgan fingerprint density at radius 2 is 1.76 bits per heavy atom. The van der Waals surface area contributed by atoms with Crippen LogP contribution in [-0.4, -0.2) is 53.0 Å². The molecule has 41 heavy (non-hydrogen) atoms. The molecule has 0 spiro atoms. The van der Waals surface area contributed by atoms with E-state index in [0.717, 1.165) is 17.7 Å². The number of nitrogen functional groups attached to an aromatic ring is 1. The molecule has 0 radical (unpaired) electrons.